The third-order valence-corrected chi connectivity index (χ3v) is 5.12. The number of rotatable bonds is 4. The number of hydrogen-bond donors (Lipinski definition) is 1. The first kappa shape index (κ1) is 19.0. The number of amides is 2. The summed E-state index contributed by atoms with van der Waals surface area (Å²) in [6.45, 7) is 5.76. The van der Waals surface area contributed by atoms with E-state index in [1.54, 1.807) is 4.52 Å². The fourth-order valence-corrected chi connectivity index (χ4v) is 3.57. The van der Waals surface area contributed by atoms with Crippen molar-refractivity contribution in [1.82, 2.24) is 29.8 Å². The van der Waals surface area contributed by atoms with Gasteiger partial charge < -0.3 is 10.2 Å². The number of benzene rings is 1. The maximum absolute atomic E-state index is 12.5. The third kappa shape index (κ3) is 4.11. The Labute approximate surface area is 169 Å². The molecule has 8 heteroatoms. The highest BCUT2D eigenvalue weighted by molar-refractivity contribution is 5.94. The number of carbonyl (C=O) groups is 2. The average molecular weight is 392 g/mol. The van der Waals surface area contributed by atoms with Crippen molar-refractivity contribution in [2.24, 2.45) is 0 Å². The van der Waals surface area contributed by atoms with Gasteiger partial charge in [0.05, 0.1) is 0 Å². The maximum Gasteiger partial charge on any atom is 0.291 e. The number of fused-ring (bicyclic) bond motifs is 1. The minimum absolute atomic E-state index is 0.0762. The SMILES string of the molecule is Cc1cc(C)n2nc(C(=O)NCc3ccc(C(=O)N4CCCCC4)cc3)nc2n1. The second-order valence-electron chi connectivity index (χ2n) is 7.42. The normalized spacial score (nSPS) is 14.2. The van der Waals surface area contributed by atoms with Crippen LogP contribution in [0.5, 0.6) is 0 Å². The van der Waals surface area contributed by atoms with Gasteiger partial charge in [-0.3, -0.25) is 9.59 Å². The zero-order valence-electron chi connectivity index (χ0n) is 16.7. The maximum atomic E-state index is 12.5. The molecule has 2 aromatic heterocycles. The summed E-state index contributed by atoms with van der Waals surface area (Å²) in [7, 11) is 0. The molecule has 1 N–H and O–H groups in total. The summed E-state index contributed by atoms with van der Waals surface area (Å²) in [5.74, 6) is 0.213. The van der Waals surface area contributed by atoms with Crippen molar-refractivity contribution in [3.05, 3.63) is 58.7 Å². The van der Waals surface area contributed by atoms with Crippen LogP contribution >= 0.6 is 0 Å². The molecule has 1 saturated heterocycles. The van der Waals surface area contributed by atoms with E-state index < -0.39 is 0 Å². The van der Waals surface area contributed by atoms with Crippen LogP contribution in [0.2, 0.25) is 0 Å². The molecule has 0 unspecified atom stereocenters. The van der Waals surface area contributed by atoms with Crippen LogP contribution in [0.3, 0.4) is 0 Å². The molecule has 0 saturated carbocycles. The van der Waals surface area contributed by atoms with Gasteiger partial charge in [0.2, 0.25) is 5.82 Å². The number of likely N-dealkylation sites (tertiary alicyclic amines) is 1. The van der Waals surface area contributed by atoms with Crippen molar-refractivity contribution in [3.63, 3.8) is 0 Å². The quantitative estimate of drug-likeness (QED) is 0.735. The summed E-state index contributed by atoms with van der Waals surface area (Å²) in [5, 5.41) is 7.06. The Kier molecular flexibility index (Phi) is 5.24. The van der Waals surface area contributed by atoms with Gasteiger partial charge in [-0.1, -0.05) is 12.1 Å². The van der Waals surface area contributed by atoms with Crippen LogP contribution in [0, 0.1) is 13.8 Å². The van der Waals surface area contributed by atoms with Crippen LogP contribution < -0.4 is 5.32 Å². The van der Waals surface area contributed by atoms with Gasteiger partial charge in [0.25, 0.3) is 17.6 Å². The van der Waals surface area contributed by atoms with Gasteiger partial charge in [-0.25, -0.2) is 9.50 Å². The van der Waals surface area contributed by atoms with Gasteiger partial charge >= 0.3 is 0 Å². The summed E-state index contributed by atoms with van der Waals surface area (Å²) < 4.78 is 1.56. The topological polar surface area (TPSA) is 92.5 Å². The van der Waals surface area contributed by atoms with E-state index in [9.17, 15) is 9.59 Å². The van der Waals surface area contributed by atoms with Crippen LogP contribution in [0.15, 0.2) is 30.3 Å². The van der Waals surface area contributed by atoms with Crippen molar-refractivity contribution < 1.29 is 9.59 Å². The van der Waals surface area contributed by atoms with E-state index in [-0.39, 0.29) is 17.6 Å². The lowest BCUT2D eigenvalue weighted by Gasteiger charge is -2.26. The number of nitrogens with zero attached hydrogens (tertiary/aromatic N) is 5. The minimum Gasteiger partial charge on any atom is -0.345 e. The van der Waals surface area contributed by atoms with Gasteiger partial charge in [-0.05, 0) is 56.9 Å². The van der Waals surface area contributed by atoms with Crippen LogP contribution in [0.25, 0.3) is 5.78 Å². The molecule has 2 amide bonds. The van der Waals surface area contributed by atoms with Gasteiger partial charge in [-0.15, -0.1) is 5.10 Å². The summed E-state index contributed by atoms with van der Waals surface area (Å²) in [4.78, 5) is 35.4. The number of carbonyl (C=O) groups excluding carboxylic acids is 2. The fraction of sp³-hybridized carbons (Fsp3) is 0.381. The van der Waals surface area contributed by atoms with Crippen LogP contribution in [0.4, 0.5) is 0 Å². The Bertz CT molecular complexity index is 1050. The Morgan fingerprint density at radius 3 is 2.48 bits per heavy atom. The molecule has 150 valence electrons. The number of hydrogen-bond acceptors (Lipinski definition) is 5. The first-order valence-corrected chi connectivity index (χ1v) is 9.89. The molecule has 1 aliphatic rings. The summed E-state index contributed by atoms with van der Waals surface area (Å²) in [6.07, 6.45) is 3.34. The second kappa shape index (κ2) is 7.98. The van der Waals surface area contributed by atoms with Crippen molar-refractivity contribution in [1.29, 1.82) is 0 Å². The molecule has 0 atom stereocenters. The van der Waals surface area contributed by atoms with E-state index in [0.717, 1.165) is 42.9 Å². The Morgan fingerprint density at radius 1 is 1.03 bits per heavy atom. The summed E-state index contributed by atoms with van der Waals surface area (Å²) in [6, 6.07) is 9.25. The average Bonchev–Trinajstić information content (AvgIpc) is 3.17. The van der Waals surface area contributed by atoms with E-state index in [4.69, 9.17) is 0 Å². The molecule has 29 heavy (non-hydrogen) atoms. The highest BCUT2D eigenvalue weighted by Crippen LogP contribution is 2.14. The Hall–Kier alpha value is -3.29. The van der Waals surface area contributed by atoms with Gasteiger partial charge in [0.1, 0.15) is 0 Å². The van der Waals surface area contributed by atoms with Crippen LogP contribution in [-0.2, 0) is 6.54 Å². The van der Waals surface area contributed by atoms with E-state index in [0.29, 0.717) is 17.9 Å². The molecule has 4 rings (SSSR count). The lowest BCUT2D eigenvalue weighted by molar-refractivity contribution is 0.0724. The molecule has 3 aromatic rings. The molecular formula is C21H24N6O2. The lowest BCUT2D eigenvalue weighted by Crippen LogP contribution is -2.35. The molecular weight excluding hydrogens is 368 g/mol. The molecule has 0 aliphatic carbocycles. The minimum atomic E-state index is -0.360. The largest absolute Gasteiger partial charge is 0.345 e. The first-order chi connectivity index (χ1) is 14.0. The molecule has 0 spiro atoms. The van der Waals surface area contributed by atoms with Crippen molar-refractivity contribution in [2.75, 3.05) is 13.1 Å². The molecule has 1 fully saturated rings. The van der Waals surface area contributed by atoms with E-state index in [2.05, 4.69) is 20.4 Å². The van der Waals surface area contributed by atoms with Crippen molar-refractivity contribution in [2.45, 2.75) is 39.7 Å². The molecule has 3 heterocycles. The van der Waals surface area contributed by atoms with Crippen molar-refractivity contribution in [3.8, 4) is 0 Å². The molecule has 0 bridgehead atoms. The van der Waals surface area contributed by atoms with E-state index in [1.165, 1.54) is 6.42 Å². The second-order valence-corrected chi connectivity index (χ2v) is 7.42. The van der Waals surface area contributed by atoms with Crippen LogP contribution in [0.1, 0.15) is 57.2 Å². The Morgan fingerprint density at radius 2 is 1.76 bits per heavy atom. The number of aryl methyl sites for hydroxylation is 2. The molecule has 1 aliphatic heterocycles. The predicted octanol–water partition coefficient (Wildman–Crippen LogP) is 2.30. The fourth-order valence-electron chi connectivity index (χ4n) is 3.57. The highest BCUT2D eigenvalue weighted by atomic mass is 16.2. The number of aromatic nitrogens is 4. The third-order valence-electron chi connectivity index (χ3n) is 5.12. The Balaban J connectivity index is 1.39. The zero-order chi connectivity index (χ0) is 20.4. The molecule has 0 radical (unpaired) electrons. The summed E-state index contributed by atoms with van der Waals surface area (Å²) in [5.41, 5.74) is 3.28. The standard InChI is InChI=1S/C21H24N6O2/c1-14-12-15(2)27-21(23-14)24-18(25-27)19(28)22-13-16-6-8-17(9-7-16)20(29)26-10-4-3-5-11-26/h6-9,12H,3-5,10-11,13H2,1-2H3,(H,22,28). The predicted molar refractivity (Wildman–Crippen MR) is 108 cm³/mol. The zero-order valence-corrected chi connectivity index (χ0v) is 16.7. The number of nitrogens with one attached hydrogen (secondary N) is 1. The molecule has 8 nitrogen and oxygen atoms in total. The van der Waals surface area contributed by atoms with E-state index in [1.807, 2.05) is 49.1 Å². The highest BCUT2D eigenvalue weighted by Gasteiger charge is 2.18. The van der Waals surface area contributed by atoms with Crippen molar-refractivity contribution >= 4 is 17.6 Å². The number of piperidine rings is 1. The monoisotopic (exact) mass is 392 g/mol. The van der Waals surface area contributed by atoms with Crippen LogP contribution in [-0.4, -0.2) is 49.4 Å². The summed E-state index contributed by atoms with van der Waals surface area (Å²) >= 11 is 0. The molecule has 1 aromatic carbocycles. The van der Waals surface area contributed by atoms with Gasteiger partial charge in [0, 0.05) is 36.6 Å². The van der Waals surface area contributed by atoms with E-state index >= 15 is 0 Å². The first-order valence-electron chi connectivity index (χ1n) is 9.89. The van der Waals surface area contributed by atoms with Gasteiger partial charge in [-0.2, -0.15) is 4.98 Å². The lowest BCUT2D eigenvalue weighted by atomic mass is 10.1. The smallest absolute Gasteiger partial charge is 0.291 e. The van der Waals surface area contributed by atoms with Gasteiger partial charge in [0.15, 0.2) is 0 Å².